The second-order valence-electron chi connectivity index (χ2n) is 7.31. The van der Waals surface area contributed by atoms with Crippen molar-refractivity contribution in [2.24, 2.45) is 0 Å². The predicted molar refractivity (Wildman–Crippen MR) is 124 cm³/mol. The molecule has 0 saturated carbocycles. The minimum Gasteiger partial charge on any atom is -0.492 e. The van der Waals surface area contributed by atoms with Crippen molar-refractivity contribution in [2.75, 3.05) is 36.9 Å². The van der Waals surface area contributed by atoms with E-state index in [2.05, 4.69) is 10.6 Å². The second-order valence-corrected chi connectivity index (χ2v) is 7.31. The molecule has 0 unspecified atom stereocenters. The summed E-state index contributed by atoms with van der Waals surface area (Å²) in [5.74, 6) is 0.0844. The first-order valence-corrected chi connectivity index (χ1v) is 10.4. The van der Waals surface area contributed by atoms with Gasteiger partial charge in [0.05, 0.1) is 16.1 Å². The molecule has 0 fully saturated rings. The largest absolute Gasteiger partial charge is 0.492 e. The van der Waals surface area contributed by atoms with Crippen molar-refractivity contribution in [1.29, 1.82) is 0 Å². The van der Waals surface area contributed by atoms with Crippen LogP contribution in [0.5, 0.6) is 5.75 Å². The van der Waals surface area contributed by atoms with Crippen LogP contribution in [0.25, 0.3) is 0 Å². The van der Waals surface area contributed by atoms with Gasteiger partial charge in [-0.2, -0.15) is 0 Å². The van der Waals surface area contributed by atoms with Crippen LogP contribution < -0.4 is 15.4 Å². The van der Waals surface area contributed by atoms with Crippen LogP contribution in [-0.2, 0) is 0 Å². The van der Waals surface area contributed by atoms with Crippen molar-refractivity contribution < 1.29 is 19.2 Å². The number of nitrogens with zero attached hydrogens (tertiary/aromatic N) is 2. The smallest absolute Gasteiger partial charge is 0.292 e. The van der Waals surface area contributed by atoms with Crippen LogP contribution in [0.3, 0.4) is 0 Å². The lowest BCUT2D eigenvalue weighted by Gasteiger charge is -2.15. The zero-order valence-corrected chi connectivity index (χ0v) is 17.7. The first kappa shape index (κ1) is 21.8. The molecule has 0 radical (unpaired) electrons. The average Bonchev–Trinajstić information content (AvgIpc) is 3.07. The number of para-hydroxylation sites is 1. The van der Waals surface area contributed by atoms with Gasteiger partial charge in [-0.15, -0.1) is 0 Å². The Kier molecular flexibility index (Phi) is 6.49. The summed E-state index contributed by atoms with van der Waals surface area (Å²) in [5, 5.41) is 17.5. The lowest BCUT2D eigenvalue weighted by atomic mass is 10.1. The number of benzene rings is 3. The summed E-state index contributed by atoms with van der Waals surface area (Å²) < 4.78 is 5.61. The van der Waals surface area contributed by atoms with Gasteiger partial charge in [0.15, 0.2) is 0 Å². The number of rotatable bonds is 10. The molecule has 0 aliphatic carbocycles. The molecule has 0 spiro atoms. The first-order chi connectivity index (χ1) is 16.0. The standard InChI is InChI=1S/C24H22N4O5/c29-23-19-8-4-5-9-20(19)24(30)27(23)14-12-25-17-10-11-22(28(31)32)21(16-17)26-13-15-33-18-6-2-1-3-7-18/h1-11,16,25-26H,12-15H2. The van der Waals surface area contributed by atoms with Crippen LogP contribution >= 0.6 is 0 Å². The van der Waals surface area contributed by atoms with E-state index in [4.69, 9.17) is 4.74 Å². The van der Waals surface area contributed by atoms with Crippen LogP contribution in [0.2, 0.25) is 0 Å². The Labute approximate surface area is 190 Å². The third-order valence-corrected chi connectivity index (χ3v) is 5.17. The number of nitrogens with one attached hydrogen (secondary N) is 2. The molecule has 0 atom stereocenters. The summed E-state index contributed by atoms with van der Waals surface area (Å²) in [7, 11) is 0. The number of hydrogen-bond donors (Lipinski definition) is 2. The number of nitro benzene ring substituents is 1. The highest BCUT2D eigenvalue weighted by atomic mass is 16.6. The minimum absolute atomic E-state index is 0.0550. The van der Waals surface area contributed by atoms with E-state index < -0.39 is 4.92 Å². The van der Waals surface area contributed by atoms with Gasteiger partial charge in [0.25, 0.3) is 17.5 Å². The van der Waals surface area contributed by atoms with Gasteiger partial charge in [0, 0.05) is 31.4 Å². The van der Waals surface area contributed by atoms with Crippen molar-refractivity contribution in [1.82, 2.24) is 4.90 Å². The Morgan fingerprint density at radius 2 is 1.52 bits per heavy atom. The summed E-state index contributed by atoms with van der Waals surface area (Å²) in [4.78, 5) is 37.0. The number of fused-ring (bicyclic) bond motifs is 1. The molecule has 0 aromatic heterocycles. The van der Waals surface area contributed by atoms with Gasteiger partial charge in [-0.05, 0) is 36.4 Å². The van der Waals surface area contributed by atoms with E-state index in [9.17, 15) is 19.7 Å². The van der Waals surface area contributed by atoms with Gasteiger partial charge in [0.1, 0.15) is 18.0 Å². The molecule has 9 nitrogen and oxygen atoms in total. The van der Waals surface area contributed by atoms with Crippen LogP contribution in [0, 0.1) is 10.1 Å². The van der Waals surface area contributed by atoms with Gasteiger partial charge in [0.2, 0.25) is 0 Å². The van der Waals surface area contributed by atoms with Crippen molar-refractivity contribution in [3.8, 4) is 5.75 Å². The molecule has 9 heteroatoms. The number of imide groups is 1. The van der Waals surface area contributed by atoms with Gasteiger partial charge >= 0.3 is 0 Å². The monoisotopic (exact) mass is 446 g/mol. The number of hydrogen-bond acceptors (Lipinski definition) is 7. The first-order valence-electron chi connectivity index (χ1n) is 10.4. The highest BCUT2D eigenvalue weighted by Gasteiger charge is 2.34. The van der Waals surface area contributed by atoms with E-state index in [1.807, 2.05) is 30.3 Å². The maximum atomic E-state index is 12.5. The van der Waals surface area contributed by atoms with E-state index >= 15 is 0 Å². The highest BCUT2D eigenvalue weighted by molar-refractivity contribution is 6.21. The third-order valence-electron chi connectivity index (χ3n) is 5.17. The summed E-state index contributed by atoms with van der Waals surface area (Å²) in [6, 6.07) is 20.6. The number of carbonyl (C=O) groups excluding carboxylic acids is 2. The van der Waals surface area contributed by atoms with Gasteiger partial charge in [-0.3, -0.25) is 24.6 Å². The maximum absolute atomic E-state index is 12.5. The van der Waals surface area contributed by atoms with Crippen molar-refractivity contribution >= 4 is 28.9 Å². The zero-order chi connectivity index (χ0) is 23.2. The quantitative estimate of drug-likeness (QED) is 0.211. The van der Waals surface area contributed by atoms with Crippen LogP contribution in [0.1, 0.15) is 20.7 Å². The number of nitro groups is 1. The fourth-order valence-electron chi connectivity index (χ4n) is 3.57. The van der Waals surface area contributed by atoms with Crippen molar-refractivity contribution in [3.05, 3.63) is 94.0 Å². The Balaban J connectivity index is 1.34. The van der Waals surface area contributed by atoms with Crippen LogP contribution in [-0.4, -0.2) is 47.9 Å². The Morgan fingerprint density at radius 1 is 0.848 bits per heavy atom. The normalized spacial score (nSPS) is 12.4. The van der Waals surface area contributed by atoms with E-state index in [0.29, 0.717) is 42.2 Å². The molecule has 3 aromatic rings. The third kappa shape index (κ3) is 4.93. The second kappa shape index (κ2) is 9.82. The molecular weight excluding hydrogens is 424 g/mol. The van der Waals surface area contributed by atoms with Gasteiger partial charge in [-0.1, -0.05) is 30.3 Å². The maximum Gasteiger partial charge on any atom is 0.292 e. The molecule has 2 amide bonds. The molecule has 1 aliphatic rings. The topological polar surface area (TPSA) is 114 Å². The molecule has 1 heterocycles. The van der Waals surface area contributed by atoms with Crippen LogP contribution in [0.15, 0.2) is 72.8 Å². The molecule has 0 saturated heterocycles. The summed E-state index contributed by atoms with van der Waals surface area (Å²) >= 11 is 0. The summed E-state index contributed by atoms with van der Waals surface area (Å²) in [6.45, 7) is 1.18. The fourth-order valence-corrected chi connectivity index (χ4v) is 3.57. The minimum atomic E-state index is -0.455. The summed E-state index contributed by atoms with van der Waals surface area (Å²) in [5.41, 5.74) is 1.73. The number of carbonyl (C=O) groups is 2. The molecule has 168 valence electrons. The van der Waals surface area contributed by atoms with Crippen molar-refractivity contribution in [3.63, 3.8) is 0 Å². The van der Waals surface area contributed by atoms with Gasteiger partial charge < -0.3 is 15.4 Å². The Bertz CT molecular complexity index is 1150. The zero-order valence-electron chi connectivity index (χ0n) is 17.7. The molecule has 1 aliphatic heterocycles. The predicted octanol–water partition coefficient (Wildman–Crippen LogP) is 3.79. The van der Waals surface area contributed by atoms with E-state index in [-0.39, 0.29) is 24.0 Å². The molecule has 4 rings (SSSR count). The molecule has 2 N–H and O–H groups in total. The molecule has 33 heavy (non-hydrogen) atoms. The SMILES string of the molecule is O=C1c2ccccc2C(=O)N1CCNc1ccc([N+](=O)[O-])c(NCCOc2ccccc2)c1. The van der Waals surface area contributed by atoms with Gasteiger partial charge in [-0.25, -0.2) is 0 Å². The number of anilines is 2. The average molecular weight is 446 g/mol. The summed E-state index contributed by atoms with van der Waals surface area (Å²) in [6.07, 6.45) is 0. The fraction of sp³-hybridized carbons (Fsp3) is 0.167. The Hall–Kier alpha value is -4.40. The lowest BCUT2D eigenvalue weighted by molar-refractivity contribution is -0.383. The Morgan fingerprint density at radius 3 is 2.18 bits per heavy atom. The number of ether oxygens (including phenoxy) is 1. The van der Waals surface area contributed by atoms with E-state index in [1.54, 1.807) is 36.4 Å². The van der Waals surface area contributed by atoms with Crippen LogP contribution in [0.4, 0.5) is 17.1 Å². The highest BCUT2D eigenvalue weighted by Crippen LogP contribution is 2.28. The van der Waals surface area contributed by atoms with E-state index in [1.165, 1.54) is 11.0 Å². The van der Waals surface area contributed by atoms with E-state index in [0.717, 1.165) is 5.75 Å². The molecule has 3 aromatic carbocycles. The number of amides is 2. The lowest BCUT2D eigenvalue weighted by Crippen LogP contribution is -2.34. The molecule has 0 bridgehead atoms. The van der Waals surface area contributed by atoms with Crippen molar-refractivity contribution in [2.45, 2.75) is 0 Å². The molecular formula is C24H22N4O5.